The number of amides is 1. The second kappa shape index (κ2) is 7.77. The quantitative estimate of drug-likeness (QED) is 0.737. The molecule has 144 valence electrons. The van der Waals surface area contributed by atoms with Crippen molar-refractivity contribution in [3.63, 3.8) is 0 Å². The number of hydrogen-bond acceptors (Lipinski definition) is 6. The topological polar surface area (TPSA) is 93.4 Å². The van der Waals surface area contributed by atoms with E-state index in [4.69, 9.17) is 4.74 Å². The monoisotopic (exact) mass is 379 g/mol. The Morgan fingerprint density at radius 1 is 1.18 bits per heavy atom. The Kier molecular flexibility index (Phi) is 5.03. The number of benzene rings is 2. The zero-order chi connectivity index (χ0) is 19.5. The third kappa shape index (κ3) is 3.72. The zero-order valence-corrected chi connectivity index (χ0v) is 15.6. The van der Waals surface area contributed by atoms with Crippen LogP contribution in [0.2, 0.25) is 0 Å². The van der Waals surface area contributed by atoms with Crippen molar-refractivity contribution in [2.45, 2.75) is 26.5 Å². The van der Waals surface area contributed by atoms with Gasteiger partial charge in [-0.2, -0.15) is 4.68 Å². The highest BCUT2D eigenvalue weighted by molar-refractivity contribution is 5.79. The van der Waals surface area contributed by atoms with Crippen molar-refractivity contribution in [2.24, 2.45) is 0 Å². The number of hydrogen-bond donors (Lipinski definition) is 1. The molecule has 1 amide bonds. The van der Waals surface area contributed by atoms with Crippen LogP contribution in [0.3, 0.4) is 0 Å². The molecule has 0 aliphatic carbocycles. The van der Waals surface area contributed by atoms with Gasteiger partial charge in [-0.3, -0.25) is 4.79 Å². The first-order valence-electron chi connectivity index (χ1n) is 9.11. The number of ether oxygens (including phenoxy) is 1. The summed E-state index contributed by atoms with van der Waals surface area (Å²) >= 11 is 0. The first-order chi connectivity index (χ1) is 13.6. The summed E-state index contributed by atoms with van der Waals surface area (Å²) in [5, 5.41) is 20.8. The third-order valence-electron chi connectivity index (χ3n) is 4.80. The molecule has 2 aromatic carbocycles. The Hall–Kier alpha value is -3.26. The van der Waals surface area contributed by atoms with Crippen LogP contribution in [0, 0.1) is 6.92 Å². The lowest BCUT2D eigenvalue weighted by Crippen LogP contribution is -2.33. The minimum atomic E-state index is -0.0334. The number of aliphatic hydroxyl groups is 1. The van der Waals surface area contributed by atoms with E-state index in [1.54, 1.807) is 9.58 Å². The van der Waals surface area contributed by atoms with Gasteiger partial charge in [0.1, 0.15) is 12.4 Å². The number of aliphatic hydroxyl groups excluding tert-OH is 1. The standard InChI is InChI=1S/C20H21N5O3/c1-14-21-22-23-25(14)18-5-2-15(3-6-18)11-20(27)24-8-9-28-19-7-4-16(13-26)10-17(19)12-24/h2-7,10,26H,8-9,11-13H2,1H3. The minimum Gasteiger partial charge on any atom is -0.491 e. The Labute approximate surface area is 162 Å². The van der Waals surface area contributed by atoms with E-state index in [2.05, 4.69) is 15.5 Å². The summed E-state index contributed by atoms with van der Waals surface area (Å²) in [6.45, 7) is 3.26. The fourth-order valence-electron chi connectivity index (χ4n) is 3.27. The van der Waals surface area contributed by atoms with Gasteiger partial charge < -0.3 is 14.7 Å². The fourth-order valence-corrected chi connectivity index (χ4v) is 3.27. The summed E-state index contributed by atoms with van der Waals surface area (Å²) in [4.78, 5) is 14.6. The normalized spacial score (nSPS) is 13.6. The Balaban J connectivity index is 1.46. The van der Waals surface area contributed by atoms with E-state index in [0.717, 1.165) is 28.1 Å². The van der Waals surface area contributed by atoms with Crippen LogP contribution in [-0.4, -0.2) is 49.3 Å². The average Bonchev–Trinajstić information content (AvgIpc) is 3.02. The van der Waals surface area contributed by atoms with Crippen LogP contribution in [0.25, 0.3) is 5.69 Å². The van der Waals surface area contributed by atoms with E-state index in [1.807, 2.05) is 49.4 Å². The SMILES string of the molecule is Cc1nnnn1-c1ccc(CC(=O)N2CCOc3ccc(CO)cc3C2)cc1. The number of carbonyl (C=O) groups excluding carboxylic acids is 1. The van der Waals surface area contributed by atoms with Crippen molar-refractivity contribution >= 4 is 5.91 Å². The van der Waals surface area contributed by atoms with Crippen molar-refractivity contribution in [1.82, 2.24) is 25.1 Å². The predicted molar refractivity (Wildman–Crippen MR) is 101 cm³/mol. The molecular weight excluding hydrogens is 358 g/mol. The Morgan fingerprint density at radius 2 is 1.96 bits per heavy atom. The van der Waals surface area contributed by atoms with Crippen LogP contribution in [0.5, 0.6) is 5.75 Å². The van der Waals surface area contributed by atoms with Gasteiger partial charge >= 0.3 is 0 Å². The zero-order valence-electron chi connectivity index (χ0n) is 15.6. The number of carbonyl (C=O) groups is 1. The molecule has 8 nitrogen and oxygen atoms in total. The molecule has 0 saturated heterocycles. The highest BCUT2D eigenvalue weighted by Gasteiger charge is 2.20. The van der Waals surface area contributed by atoms with Crippen molar-refractivity contribution in [2.75, 3.05) is 13.2 Å². The molecule has 0 fully saturated rings. The van der Waals surface area contributed by atoms with Gasteiger partial charge in [-0.1, -0.05) is 18.2 Å². The first-order valence-corrected chi connectivity index (χ1v) is 9.11. The summed E-state index contributed by atoms with van der Waals surface area (Å²) in [5.74, 6) is 1.51. The molecule has 8 heteroatoms. The predicted octanol–water partition coefficient (Wildman–Crippen LogP) is 1.43. The van der Waals surface area contributed by atoms with E-state index < -0.39 is 0 Å². The molecule has 3 aromatic rings. The molecular formula is C20H21N5O3. The molecule has 1 N–H and O–H groups in total. The van der Waals surface area contributed by atoms with Crippen LogP contribution in [0.15, 0.2) is 42.5 Å². The van der Waals surface area contributed by atoms with Crippen molar-refractivity contribution in [1.29, 1.82) is 0 Å². The Morgan fingerprint density at radius 3 is 2.68 bits per heavy atom. The lowest BCUT2D eigenvalue weighted by Gasteiger charge is -2.20. The summed E-state index contributed by atoms with van der Waals surface area (Å²) in [6.07, 6.45) is 0.309. The fraction of sp³-hybridized carbons (Fsp3) is 0.300. The highest BCUT2D eigenvalue weighted by atomic mass is 16.5. The second-order valence-corrected chi connectivity index (χ2v) is 6.75. The number of nitrogens with zero attached hydrogens (tertiary/aromatic N) is 5. The molecule has 28 heavy (non-hydrogen) atoms. The summed E-state index contributed by atoms with van der Waals surface area (Å²) < 4.78 is 7.40. The second-order valence-electron chi connectivity index (χ2n) is 6.75. The van der Waals surface area contributed by atoms with Crippen LogP contribution in [-0.2, 0) is 24.4 Å². The van der Waals surface area contributed by atoms with Crippen molar-refractivity contribution in [3.05, 3.63) is 65.0 Å². The van der Waals surface area contributed by atoms with E-state index >= 15 is 0 Å². The van der Waals surface area contributed by atoms with Crippen molar-refractivity contribution in [3.8, 4) is 11.4 Å². The van der Waals surface area contributed by atoms with Crippen LogP contribution in [0.4, 0.5) is 0 Å². The number of rotatable bonds is 4. The number of aryl methyl sites for hydroxylation is 1. The van der Waals surface area contributed by atoms with Gasteiger partial charge in [0.25, 0.3) is 0 Å². The summed E-state index contributed by atoms with van der Waals surface area (Å²) in [7, 11) is 0. The van der Waals surface area contributed by atoms with Crippen molar-refractivity contribution < 1.29 is 14.6 Å². The largest absolute Gasteiger partial charge is 0.491 e. The Bertz CT molecular complexity index is 984. The van der Waals surface area contributed by atoms with E-state index in [-0.39, 0.29) is 12.5 Å². The maximum absolute atomic E-state index is 12.8. The summed E-state index contributed by atoms with van der Waals surface area (Å²) in [6, 6.07) is 13.2. The van der Waals surface area contributed by atoms with Crippen LogP contribution < -0.4 is 4.74 Å². The first kappa shape index (κ1) is 18.1. The third-order valence-corrected chi connectivity index (χ3v) is 4.80. The van der Waals surface area contributed by atoms with Crippen LogP contribution >= 0.6 is 0 Å². The maximum atomic E-state index is 12.8. The van der Waals surface area contributed by atoms with Gasteiger partial charge in [-0.05, 0) is 52.7 Å². The molecule has 0 unspecified atom stereocenters. The maximum Gasteiger partial charge on any atom is 0.227 e. The van der Waals surface area contributed by atoms with Gasteiger partial charge in [0, 0.05) is 12.1 Å². The van der Waals surface area contributed by atoms with E-state index in [0.29, 0.717) is 31.9 Å². The van der Waals surface area contributed by atoms with Gasteiger partial charge in [-0.15, -0.1) is 5.10 Å². The van der Waals surface area contributed by atoms with E-state index in [9.17, 15) is 9.90 Å². The molecule has 0 bridgehead atoms. The van der Waals surface area contributed by atoms with Crippen LogP contribution in [0.1, 0.15) is 22.5 Å². The van der Waals surface area contributed by atoms with Gasteiger partial charge in [-0.25, -0.2) is 0 Å². The molecule has 0 atom stereocenters. The average molecular weight is 379 g/mol. The summed E-state index contributed by atoms with van der Waals surface area (Å²) in [5.41, 5.74) is 3.51. The molecule has 0 radical (unpaired) electrons. The molecule has 1 aliphatic heterocycles. The molecule has 1 aliphatic rings. The van der Waals surface area contributed by atoms with E-state index in [1.165, 1.54) is 0 Å². The molecule has 1 aromatic heterocycles. The lowest BCUT2D eigenvalue weighted by molar-refractivity contribution is -0.131. The number of tetrazole rings is 1. The molecule has 2 heterocycles. The molecule has 4 rings (SSSR count). The smallest absolute Gasteiger partial charge is 0.227 e. The van der Waals surface area contributed by atoms with Gasteiger partial charge in [0.15, 0.2) is 5.82 Å². The number of fused-ring (bicyclic) bond motifs is 1. The number of aromatic nitrogens is 4. The lowest BCUT2D eigenvalue weighted by atomic mass is 10.1. The minimum absolute atomic E-state index is 0.0334. The highest BCUT2D eigenvalue weighted by Crippen LogP contribution is 2.25. The molecule has 0 saturated carbocycles. The molecule has 0 spiro atoms. The van der Waals surface area contributed by atoms with Gasteiger partial charge in [0.05, 0.1) is 25.3 Å². The van der Waals surface area contributed by atoms with Gasteiger partial charge in [0.2, 0.25) is 5.91 Å².